The number of thioether (sulfide) groups is 1. The minimum Gasteiger partial charge on any atom is -0.463 e. The van der Waals surface area contributed by atoms with E-state index in [1.807, 2.05) is 42.5 Å². The van der Waals surface area contributed by atoms with E-state index < -0.39 is 116 Å². The molecule has 0 N–H and O–H groups in total. The van der Waals surface area contributed by atoms with Crippen molar-refractivity contribution in [3.8, 4) is 0 Å². The summed E-state index contributed by atoms with van der Waals surface area (Å²) in [4.78, 5) is 85.3. The summed E-state index contributed by atoms with van der Waals surface area (Å²) in [6.07, 6.45) is -9.00. The molecule has 2 heterocycles. The molecule has 18 heteroatoms. The van der Waals surface area contributed by atoms with Gasteiger partial charge in [-0.2, -0.15) is 0 Å². The molecular weight excluding hydrogens is 724 g/mol. The molecule has 0 bridgehead atoms. The number of carbonyl (C=O) groups excluding carboxylic acids is 7. The fourth-order valence-corrected chi connectivity index (χ4v) is 6.55. The van der Waals surface area contributed by atoms with Crippen LogP contribution in [0.4, 0.5) is 0 Å². The number of carbonyl (C=O) groups is 7. The van der Waals surface area contributed by atoms with Crippen molar-refractivity contribution in [3.63, 3.8) is 0 Å². The Morgan fingerprint density at radius 1 is 0.566 bits per heavy atom. The molecule has 10 atom stereocenters. The number of hydrogen-bond donors (Lipinski definition) is 0. The van der Waals surface area contributed by atoms with Crippen molar-refractivity contribution in [1.29, 1.82) is 0 Å². The van der Waals surface area contributed by atoms with Crippen LogP contribution in [0.25, 0.3) is 6.08 Å². The second kappa shape index (κ2) is 20.6. The molecule has 1 aromatic carbocycles. The third-order valence-corrected chi connectivity index (χ3v) is 8.43. The van der Waals surface area contributed by atoms with Gasteiger partial charge in [-0.3, -0.25) is 33.6 Å². The van der Waals surface area contributed by atoms with Gasteiger partial charge in [0, 0.05) is 54.2 Å². The summed E-state index contributed by atoms with van der Waals surface area (Å²) < 4.78 is 56.6. The highest BCUT2D eigenvalue weighted by atomic mass is 32.2. The van der Waals surface area contributed by atoms with Crippen LogP contribution in [0.2, 0.25) is 0 Å². The van der Waals surface area contributed by atoms with Crippen molar-refractivity contribution in [1.82, 2.24) is 0 Å². The Balaban J connectivity index is 2.00. The van der Waals surface area contributed by atoms with Crippen molar-refractivity contribution in [3.05, 3.63) is 42.0 Å². The van der Waals surface area contributed by atoms with Gasteiger partial charge in [-0.15, -0.1) is 11.8 Å². The molecule has 17 nitrogen and oxygen atoms in total. The van der Waals surface area contributed by atoms with Gasteiger partial charge in [0.15, 0.2) is 42.9 Å². The Kier molecular flexibility index (Phi) is 16.7. The van der Waals surface area contributed by atoms with E-state index in [-0.39, 0.29) is 0 Å². The molecule has 2 fully saturated rings. The average molecular weight is 769 g/mol. The van der Waals surface area contributed by atoms with E-state index in [4.69, 9.17) is 47.4 Å². The number of rotatable bonds is 15. The van der Waals surface area contributed by atoms with Gasteiger partial charge in [0.1, 0.15) is 24.3 Å². The van der Waals surface area contributed by atoms with E-state index in [2.05, 4.69) is 0 Å². The third kappa shape index (κ3) is 13.8. The van der Waals surface area contributed by atoms with Crippen molar-refractivity contribution in [2.75, 3.05) is 19.0 Å². The van der Waals surface area contributed by atoms with Crippen LogP contribution in [-0.2, 0) is 80.9 Å². The number of esters is 7. The fourth-order valence-electron chi connectivity index (χ4n) is 5.53. The van der Waals surface area contributed by atoms with Crippen molar-refractivity contribution in [2.45, 2.75) is 109 Å². The van der Waals surface area contributed by atoms with Crippen LogP contribution >= 0.6 is 11.8 Å². The van der Waals surface area contributed by atoms with Crippen LogP contribution < -0.4 is 0 Å². The molecule has 3 rings (SSSR count). The monoisotopic (exact) mass is 768 g/mol. The zero-order valence-corrected chi connectivity index (χ0v) is 31.1. The molecule has 0 amide bonds. The summed E-state index contributed by atoms with van der Waals surface area (Å²) in [5.74, 6) is -5.20. The van der Waals surface area contributed by atoms with Gasteiger partial charge in [-0.25, -0.2) is 0 Å². The Hall–Kier alpha value is -4.52. The lowest BCUT2D eigenvalue weighted by atomic mass is 9.97. The van der Waals surface area contributed by atoms with Gasteiger partial charge in [0.2, 0.25) is 0 Å². The quantitative estimate of drug-likeness (QED) is 0.185. The zero-order valence-electron chi connectivity index (χ0n) is 30.3. The molecule has 2 aliphatic heterocycles. The minimum absolute atomic E-state index is 0.329. The Bertz CT molecular complexity index is 1480. The second-order valence-corrected chi connectivity index (χ2v) is 12.9. The van der Waals surface area contributed by atoms with E-state index in [1.54, 1.807) is 0 Å². The zero-order chi connectivity index (χ0) is 39.2. The Morgan fingerprint density at radius 3 is 1.53 bits per heavy atom. The predicted octanol–water partition coefficient (Wildman–Crippen LogP) is 2.05. The van der Waals surface area contributed by atoms with Crippen LogP contribution in [0, 0.1) is 0 Å². The highest BCUT2D eigenvalue weighted by molar-refractivity contribution is 7.99. The van der Waals surface area contributed by atoms with E-state index in [1.165, 1.54) is 11.8 Å². The first kappa shape index (κ1) is 42.9. The lowest BCUT2D eigenvalue weighted by Crippen LogP contribution is -2.64. The Labute approximate surface area is 310 Å². The first-order valence-corrected chi connectivity index (χ1v) is 17.5. The van der Waals surface area contributed by atoms with E-state index in [0.717, 1.165) is 54.0 Å². The number of ether oxygens (including phenoxy) is 10. The molecule has 0 aliphatic carbocycles. The van der Waals surface area contributed by atoms with Gasteiger partial charge >= 0.3 is 41.8 Å². The first-order chi connectivity index (χ1) is 25.0. The molecule has 0 aromatic heterocycles. The number of hydrogen-bond acceptors (Lipinski definition) is 18. The molecule has 0 radical (unpaired) electrons. The summed E-state index contributed by atoms with van der Waals surface area (Å²) >= 11 is 1.19. The summed E-state index contributed by atoms with van der Waals surface area (Å²) in [6, 6.07) is 9.44. The summed E-state index contributed by atoms with van der Waals surface area (Å²) in [6.45, 7) is 6.73. The smallest absolute Gasteiger partial charge is 0.303 e. The molecule has 53 heavy (non-hydrogen) atoms. The lowest BCUT2D eigenvalue weighted by molar-refractivity contribution is -0.317. The highest BCUT2D eigenvalue weighted by Crippen LogP contribution is 2.36. The lowest BCUT2D eigenvalue weighted by Gasteiger charge is -2.46. The SMILES string of the molecule is CC(=O)OC[C@H]1O[C@H](OC[C@H]2O[C@H](SC/C=C/c3ccccc3)[C@@H](OC(C)=O)[C@@H](OC(C)=O)[C@@H]2OC(C)=O)[C@@H](OC(C)=O)[C@@H](OC(C)=O)[C@@H]1OC(C)=O. The molecule has 2 saturated heterocycles. The predicted molar refractivity (Wildman–Crippen MR) is 181 cm³/mol. The highest BCUT2D eigenvalue weighted by Gasteiger charge is 2.55. The van der Waals surface area contributed by atoms with E-state index >= 15 is 0 Å². The maximum atomic E-state index is 12.4. The molecule has 2 aliphatic rings. The third-order valence-electron chi connectivity index (χ3n) is 7.34. The summed E-state index contributed by atoms with van der Waals surface area (Å²) in [5, 5.41) is 0. The van der Waals surface area contributed by atoms with Gasteiger partial charge in [-0.05, 0) is 5.56 Å². The summed E-state index contributed by atoms with van der Waals surface area (Å²) in [7, 11) is 0. The van der Waals surface area contributed by atoms with Crippen molar-refractivity contribution >= 4 is 59.6 Å². The maximum absolute atomic E-state index is 12.4. The van der Waals surface area contributed by atoms with E-state index in [0.29, 0.717) is 5.75 Å². The average Bonchev–Trinajstić information content (AvgIpc) is 3.05. The van der Waals surface area contributed by atoms with Crippen molar-refractivity contribution < 1.29 is 80.9 Å². The summed E-state index contributed by atoms with van der Waals surface area (Å²) in [5.41, 5.74) is -0.0857. The standard InChI is InChI=1S/C35H44O17S/c1-18(36)43-16-26-28(45-19(2)37)30(47-21(4)39)32(49-23(6)41)34(51-26)44-17-27-29(46-20(3)38)31(48-22(5)40)33(50-24(7)42)35(52-27)53-15-11-14-25-12-9-8-10-13-25/h8-14,26-35H,15-17H2,1-7H3/b14-11+/t26-,27-,28-,29-,30+,31+,32+,33+,34+,35-/m1/s1. The van der Waals surface area contributed by atoms with Gasteiger partial charge in [0.25, 0.3) is 0 Å². The Morgan fingerprint density at radius 2 is 1.02 bits per heavy atom. The molecular formula is C35H44O17S. The largest absolute Gasteiger partial charge is 0.463 e. The normalized spacial score (nSPS) is 28.2. The van der Waals surface area contributed by atoms with Crippen LogP contribution in [0.1, 0.15) is 54.0 Å². The van der Waals surface area contributed by atoms with Crippen molar-refractivity contribution in [2.24, 2.45) is 0 Å². The van der Waals surface area contributed by atoms with Crippen LogP contribution in [-0.4, -0.2) is 121 Å². The molecule has 0 unspecified atom stereocenters. The molecule has 1 aromatic rings. The maximum Gasteiger partial charge on any atom is 0.303 e. The number of benzene rings is 1. The fraction of sp³-hybridized carbons (Fsp3) is 0.571. The van der Waals surface area contributed by atoms with Crippen LogP contribution in [0.3, 0.4) is 0 Å². The molecule has 292 valence electrons. The van der Waals surface area contributed by atoms with Gasteiger partial charge in [0.05, 0.1) is 6.61 Å². The van der Waals surface area contributed by atoms with E-state index in [9.17, 15) is 33.6 Å². The minimum atomic E-state index is -1.60. The topological polar surface area (TPSA) is 212 Å². The van der Waals surface area contributed by atoms with Crippen LogP contribution in [0.5, 0.6) is 0 Å². The molecule has 0 saturated carbocycles. The van der Waals surface area contributed by atoms with Crippen LogP contribution in [0.15, 0.2) is 36.4 Å². The van der Waals surface area contributed by atoms with Gasteiger partial charge in [-0.1, -0.05) is 42.5 Å². The first-order valence-electron chi connectivity index (χ1n) is 16.5. The molecule has 0 spiro atoms. The second-order valence-electron chi connectivity index (χ2n) is 11.8. The van der Waals surface area contributed by atoms with Gasteiger partial charge < -0.3 is 47.4 Å².